The molecule has 1 saturated heterocycles. The lowest BCUT2D eigenvalue weighted by molar-refractivity contribution is 0.180. The van der Waals surface area contributed by atoms with Gasteiger partial charge in [0.2, 0.25) is 0 Å². The van der Waals surface area contributed by atoms with E-state index in [2.05, 4.69) is 8.37 Å². The highest BCUT2D eigenvalue weighted by molar-refractivity contribution is 7.82. The molecule has 1 fully saturated rings. The summed E-state index contributed by atoms with van der Waals surface area (Å²) < 4.78 is 29.9. The SMILES string of the molecule is CC(C)C1COS(=O)(=O)O1. The minimum absolute atomic E-state index is 0.153. The lowest BCUT2D eigenvalue weighted by Gasteiger charge is -2.07. The van der Waals surface area contributed by atoms with E-state index in [0.29, 0.717) is 0 Å². The van der Waals surface area contributed by atoms with Crippen LogP contribution in [-0.2, 0) is 18.8 Å². The Morgan fingerprint density at radius 1 is 1.50 bits per heavy atom. The molecule has 1 aliphatic heterocycles. The lowest BCUT2D eigenvalue weighted by atomic mass is 10.1. The van der Waals surface area contributed by atoms with E-state index >= 15 is 0 Å². The summed E-state index contributed by atoms with van der Waals surface area (Å²) in [5.41, 5.74) is 0. The van der Waals surface area contributed by atoms with Crippen molar-refractivity contribution in [2.45, 2.75) is 20.0 Å². The molecule has 0 aromatic heterocycles. The fraction of sp³-hybridized carbons (Fsp3) is 1.00. The van der Waals surface area contributed by atoms with Gasteiger partial charge in [0, 0.05) is 0 Å². The molecule has 0 N–H and O–H groups in total. The van der Waals surface area contributed by atoms with Gasteiger partial charge in [0.1, 0.15) is 6.10 Å². The molecule has 1 atom stereocenters. The third-order valence-electron chi connectivity index (χ3n) is 1.36. The largest absolute Gasteiger partial charge is 0.400 e. The Morgan fingerprint density at radius 3 is 2.30 bits per heavy atom. The molecule has 60 valence electrons. The standard InChI is InChI=1S/C5H10O4S/c1-4(2)5-3-8-10(6,7)9-5/h4-5H,3H2,1-2H3. The van der Waals surface area contributed by atoms with E-state index in [-0.39, 0.29) is 18.6 Å². The van der Waals surface area contributed by atoms with Gasteiger partial charge < -0.3 is 0 Å². The molecule has 1 heterocycles. The third kappa shape index (κ3) is 1.68. The molecule has 0 radical (unpaired) electrons. The summed E-state index contributed by atoms with van der Waals surface area (Å²) in [5.74, 6) is 0.178. The molecule has 0 aromatic carbocycles. The molecule has 5 heteroatoms. The van der Waals surface area contributed by atoms with E-state index in [0.717, 1.165) is 0 Å². The molecule has 0 bridgehead atoms. The molecule has 0 aromatic rings. The van der Waals surface area contributed by atoms with Crippen LogP contribution >= 0.6 is 0 Å². The van der Waals surface area contributed by atoms with Gasteiger partial charge in [0.15, 0.2) is 0 Å². The topological polar surface area (TPSA) is 52.6 Å². The molecule has 1 rings (SSSR count). The Morgan fingerprint density at radius 2 is 2.10 bits per heavy atom. The van der Waals surface area contributed by atoms with E-state index in [1.807, 2.05) is 13.8 Å². The Hall–Kier alpha value is -0.130. The van der Waals surface area contributed by atoms with Crippen molar-refractivity contribution in [1.29, 1.82) is 0 Å². The molecule has 0 amide bonds. The second kappa shape index (κ2) is 2.48. The monoisotopic (exact) mass is 166 g/mol. The average Bonchev–Trinajstić information content (AvgIpc) is 2.10. The molecule has 4 nitrogen and oxygen atoms in total. The smallest absolute Gasteiger partial charge is 0.245 e. The maximum Gasteiger partial charge on any atom is 0.400 e. The Kier molecular flexibility index (Phi) is 1.98. The van der Waals surface area contributed by atoms with Crippen molar-refractivity contribution >= 4 is 10.4 Å². The molecule has 1 unspecified atom stereocenters. The highest BCUT2D eigenvalue weighted by Gasteiger charge is 2.31. The van der Waals surface area contributed by atoms with Crippen LogP contribution in [0.15, 0.2) is 0 Å². The molecule has 1 aliphatic rings. The van der Waals surface area contributed by atoms with Crippen molar-refractivity contribution in [2.24, 2.45) is 5.92 Å². The first-order chi connectivity index (χ1) is 4.51. The number of hydrogen-bond donors (Lipinski definition) is 0. The molecule has 10 heavy (non-hydrogen) atoms. The van der Waals surface area contributed by atoms with E-state index in [1.165, 1.54) is 0 Å². The van der Waals surface area contributed by atoms with Crippen LogP contribution in [0.2, 0.25) is 0 Å². The second-order valence-corrected chi connectivity index (χ2v) is 3.82. The van der Waals surface area contributed by atoms with Crippen molar-refractivity contribution in [3.63, 3.8) is 0 Å². The second-order valence-electron chi connectivity index (χ2n) is 2.57. The highest BCUT2D eigenvalue weighted by Crippen LogP contribution is 2.18. The molecule has 0 aliphatic carbocycles. The van der Waals surface area contributed by atoms with Crippen molar-refractivity contribution in [3.8, 4) is 0 Å². The van der Waals surface area contributed by atoms with Gasteiger partial charge in [-0.2, -0.15) is 8.42 Å². The fourth-order valence-electron chi connectivity index (χ4n) is 0.661. The van der Waals surface area contributed by atoms with Crippen LogP contribution in [0.1, 0.15) is 13.8 Å². The average molecular weight is 166 g/mol. The van der Waals surface area contributed by atoms with Crippen LogP contribution in [0.3, 0.4) is 0 Å². The van der Waals surface area contributed by atoms with E-state index in [9.17, 15) is 8.42 Å². The summed E-state index contributed by atoms with van der Waals surface area (Å²) >= 11 is 0. The minimum Gasteiger partial charge on any atom is -0.245 e. The van der Waals surface area contributed by atoms with Crippen LogP contribution < -0.4 is 0 Å². The highest BCUT2D eigenvalue weighted by atomic mass is 32.3. The zero-order valence-electron chi connectivity index (χ0n) is 5.90. The van der Waals surface area contributed by atoms with Gasteiger partial charge in [-0.3, -0.25) is 0 Å². The predicted molar refractivity (Wildman–Crippen MR) is 34.6 cm³/mol. The summed E-state index contributed by atoms with van der Waals surface area (Å²) in [5, 5.41) is 0. The summed E-state index contributed by atoms with van der Waals surface area (Å²) in [6, 6.07) is 0. The van der Waals surface area contributed by atoms with Gasteiger partial charge >= 0.3 is 10.4 Å². The zero-order valence-corrected chi connectivity index (χ0v) is 6.72. The van der Waals surface area contributed by atoms with Crippen molar-refractivity contribution in [1.82, 2.24) is 0 Å². The van der Waals surface area contributed by atoms with Gasteiger partial charge in [-0.05, 0) is 5.92 Å². The normalized spacial score (nSPS) is 31.3. The Labute approximate surface area is 60.5 Å². The predicted octanol–water partition coefficient (Wildman–Crippen LogP) is 0.303. The van der Waals surface area contributed by atoms with Crippen LogP contribution in [0.25, 0.3) is 0 Å². The molecule has 0 saturated carbocycles. The quantitative estimate of drug-likeness (QED) is 0.562. The first-order valence-corrected chi connectivity index (χ1v) is 4.42. The van der Waals surface area contributed by atoms with Crippen molar-refractivity contribution in [3.05, 3.63) is 0 Å². The van der Waals surface area contributed by atoms with Gasteiger partial charge in [-0.15, -0.1) is 0 Å². The molecular weight excluding hydrogens is 156 g/mol. The van der Waals surface area contributed by atoms with Crippen LogP contribution in [-0.4, -0.2) is 21.1 Å². The maximum absolute atomic E-state index is 10.5. The number of hydrogen-bond acceptors (Lipinski definition) is 4. The third-order valence-corrected chi connectivity index (χ3v) is 2.27. The van der Waals surface area contributed by atoms with E-state index in [4.69, 9.17) is 0 Å². The Bertz CT molecular complexity index is 206. The van der Waals surface area contributed by atoms with E-state index in [1.54, 1.807) is 0 Å². The van der Waals surface area contributed by atoms with Gasteiger partial charge in [-0.1, -0.05) is 13.8 Å². The van der Waals surface area contributed by atoms with Crippen LogP contribution in [0, 0.1) is 5.92 Å². The Balaban J connectivity index is 2.60. The van der Waals surface area contributed by atoms with Crippen LogP contribution in [0.4, 0.5) is 0 Å². The first-order valence-electron chi connectivity index (χ1n) is 3.09. The van der Waals surface area contributed by atoms with Gasteiger partial charge in [0.25, 0.3) is 0 Å². The molecule has 0 spiro atoms. The number of rotatable bonds is 1. The maximum atomic E-state index is 10.5. The summed E-state index contributed by atoms with van der Waals surface area (Å²) in [6.07, 6.45) is -0.301. The van der Waals surface area contributed by atoms with Gasteiger partial charge in [-0.25, -0.2) is 8.37 Å². The van der Waals surface area contributed by atoms with Crippen molar-refractivity contribution in [2.75, 3.05) is 6.61 Å². The van der Waals surface area contributed by atoms with Crippen molar-refractivity contribution < 1.29 is 16.8 Å². The summed E-state index contributed by atoms with van der Waals surface area (Å²) in [4.78, 5) is 0. The first kappa shape index (κ1) is 7.97. The van der Waals surface area contributed by atoms with Gasteiger partial charge in [0.05, 0.1) is 6.61 Å². The summed E-state index contributed by atoms with van der Waals surface area (Å²) in [6.45, 7) is 3.92. The van der Waals surface area contributed by atoms with Crippen LogP contribution in [0.5, 0.6) is 0 Å². The summed E-state index contributed by atoms with van der Waals surface area (Å²) in [7, 11) is -3.64. The van der Waals surface area contributed by atoms with E-state index < -0.39 is 10.4 Å². The lowest BCUT2D eigenvalue weighted by Crippen LogP contribution is -2.17. The minimum atomic E-state index is -3.64. The molecular formula is C5H10O4S. The zero-order chi connectivity index (χ0) is 7.78. The fourth-order valence-corrected chi connectivity index (χ4v) is 1.60.